The number of hydrogen-bond donors (Lipinski definition) is 2. The second-order valence-corrected chi connectivity index (χ2v) is 9.00. The highest BCUT2D eigenvalue weighted by atomic mass is 16.6. The topological polar surface area (TPSA) is 106 Å². The van der Waals surface area contributed by atoms with Crippen LogP contribution in [0.1, 0.15) is 64.2 Å². The first kappa shape index (κ1) is 22.4. The molecule has 2 atom stereocenters. The predicted molar refractivity (Wildman–Crippen MR) is 119 cm³/mol. The molecule has 1 aromatic heterocycles. The van der Waals surface area contributed by atoms with Gasteiger partial charge in [0.15, 0.2) is 5.43 Å². The number of ether oxygens (including phenoxy) is 2. The van der Waals surface area contributed by atoms with Gasteiger partial charge in [-0.2, -0.15) is 0 Å². The maximum atomic E-state index is 12.6. The maximum absolute atomic E-state index is 12.6. The molecular formula is C25H30O7. The SMILES string of the molecule is CC=C(C)C(=O)O[C@H]1Cc2c(cc3oc(CO)cc(=O)c3c2O)O[C@@]1(C)C1CCCCC1. The van der Waals surface area contributed by atoms with Crippen molar-refractivity contribution in [1.82, 2.24) is 0 Å². The van der Waals surface area contributed by atoms with E-state index < -0.39 is 29.7 Å². The van der Waals surface area contributed by atoms with Crippen molar-refractivity contribution in [3.63, 3.8) is 0 Å². The minimum atomic E-state index is -0.786. The zero-order valence-corrected chi connectivity index (χ0v) is 18.8. The molecule has 0 amide bonds. The fraction of sp³-hybridized carbons (Fsp3) is 0.520. The molecule has 0 spiro atoms. The van der Waals surface area contributed by atoms with Crippen molar-refractivity contribution < 1.29 is 28.9 Å². The molecule has 0 unspecified atom stereocenters. The summed E-state index contributed by atoms with van der Waals surface area (Å²) < 4.78 is 18.0. The molecule has 4 rings (SSSR count). The fourth-order valence-electron chi connectivity index (χ4n) is 4.95. The summed E-state index contributed by atoms with van der Waals surface area (Å²) in [4.78, 5) is 25.2. The van der Waals surface area contributed by atoms with Gasteiger partial charge in [0.25, 0.3) is 0 Å². The average molecular weight is 443 g/mol. The Hall–Kier alpha value is -2.80. The van der Waals surface area contributed by atoms with Gasteiger partial charge < -0.3 is 24.1 Å². The molecule has 1 aromatic carbocycles. The van der Waals surface area contributed by atoms with Gasteiger partial charge in [-0.25, -0.2) is 4.79 Å². The van der Waals surface area contributed by atoms with E-state index in [-0.39, 0.29) is 34.8 Å². The lowest BCUT2D eigenvalue weighted by Crippen LogP contribution is -2.56. The Morgan fingerprint density at radius 3 is 2.66 bits per heavy atom. The normalized spacial score (nSPS) is 24.1. The summed E-state index contributed by atoms with van der Waals surface area (Å²) in [5, 5.41) is 20.4. The highest BCUT2D eigenvalue weighted by Gasteiger charge is 2.50. The van der Waals surface area contributed by atoms with E-state index in [1.54, 1.807) is 26.0 Å². The number of carbonyl (C=O) groups is 1. The van der Waals surface area contributed by atoms with E-state index in [0.717, 1.165) is 31.7 Å². The smallest absolute Gasteiger partial charge is 0.333 e. The van der Waals surface area contributed by atoms with Crippen LogP contribution in [0.4, 0.5) is 0 Å². The third-order valence-corrected chi connectivity index (χ3v) is 7.04. The lowest BCUT2D eigenvalue weighted by Gasteiger charge is -2.47. The van der Waals surface area contributed by atoms with Crippen LogP contribution in [-0.4, -0.2) is 27.9 Å². The molecule has 0 saturated heterocycles. The van der Waals surface area contributed by atoms with Crippen molar-refractivity contribution >= 4 is 16.9 Å². The Labute approximate surface area is 186 Å². The van der Waals surface area contributed by atoms with Gasteiger partial charge in [0.1, 0.15) is 46.5 Å². The summed E-state index contributed by atoms with van der Waals surface area (Å²) in [5.41, 5.74) is -0.155. The monoisotopic (exact) mass is 442 g/mol. The van der Waals surface area contributed by atoms with Gasteiger partial charge in [0.2, 0.25) is 0 Å². The number of phenolic OH excluding ortho intramolecular Hbond substituents is 1. The third kappa shape index (κ3) is 3.79. The van der Waals surface area contributed by atoms with Gasteiger partial charge in [-0.1, -0.05) is 25.3 Å². The van der Waals surface area contributed by atoms with Gasteiger partial charge in [-0.05, 0) is 33.6 Å². The molecule has 0 bridgehead atoms. The Balaban J connectivity index is 1.83. The lowest BCUT2D eigenvalue weighted by atomic mass is 9.72. The molecule has 32 heavy (non-hydrogen) atoms. The summed E-state index contributed by atoms with van der Waals surface area (Å²) in [5.74, 6) is 0.0589. The summed E-state index contributed by atoms with van der Waals surface area (Å²) in [6.45, 7) is 5.02. The second-order valence-electron chi connectivity index (χ2n) is 9.00. The van der Waals surface area contributed by atoms with E-state index >= 15 is 0 Å². The summed E-state index contributed by atoms with van der Waals surface area (Å²) >= 11 is 0. The molecule has 2 aromatic rings. The number of esters is 1. The summed E-state index contributed by atoms with van der Waals surface area (Å²) in [6.07, 6.45) is 6.59. The first-order valence-electron chi connectivity index (χ1n) is 11.2. The zero-order valence-electron chi connectivity index (χ0n) is 18.8. The molecule has 1 aliphatic carbocycles. The number of aromatic hydroxyl groups is 1. The Morgan fingerprint density at radius 1 is 1.28 bits per heavy atom. The number of carbonyl (C=O) groups excluding carboxylic acids is 1. The number of allylic oxidation sites excluding steroid dienone is 1. The van der Waals surface area contributed by atoms with Crippen LogP contribution in [0.3, 0.4) is 0 Å². The van der Waals surface area contributed by atoms with Crippen LogP contribution in [0.15, 0.2) is 33.0 Å². The number of aliphatic hydroxyl groups excluding tert-OH is 1. The van der Waals surface area contributed by atoms with Crippen LogP contribution < -0.4 is 10.2 Å². The largest absolute Gasteiger partial charge is 0.507 e. The van der Waals surface area contributed by atoms with Crippen LogP contribution in [0, 0.1) is 5.92 Å². The summed E-state index contributed by atoms with van der Waals surface area (Å²) in [6, 6.07) is 2.76. The Bertz CT molecular complexity index is 1120. The lowest BCUT2D eigenvalue weighted by molar-refractivity contribution is -0.166. The van der Waals surface area contributed by atoms with E-state index in [9.17, 15) is 19.8 Å². The number of hydrogen-bond acceptors (Lipinski definition) is 7. The molecule has 0 radical (unpaired) electrons. The molecular weight excluding hydrogens is 412 g/mol. The molecule has 1 fully saturated rings. The molecule has 2 aliphatic rings. The minimum Gasteiger partial charge on any atom is -0.507 e. The first-order valence-corrected chi connectivity index (χ1v) is 11.2. The fourth-order valence-corrected chi connectivity index (χ4v) is 4.95. The number of aliphatic hydroxyl groups is 1. The number of phenols is 1. The molecule has 172 valence electrons. The van der Waals surface area contributed by atoms with Gasteiger partial charge in [-0.15, -0.1) is 0 Å². The van der Waals surface area contributed by atoms with Gasteiger partial charge >= 0.3 is 5.97 Å². The molecule has 7 heteroatoms. The van der Waals surface area contributed by atoms with Crippen molar-refractivity contribution in [3.8, 4) is 11.5 Å². The Kier molecular flexibility index (Phi) is 6.03. The van der Waals surface area contributed by atoms with Crippen LogP contribution in [0.2, 0.25) is 0 Å². The number of rotatable bonds is 4. The molecule has 2 heterocycles. The standard InChI is InChI=1S/C25H30O7/c1-4-14(2)24(29)31-21-11-17-19(32-25(21,3)15-8-6-5-7-9-15)12-20-22(23(17)28)18(27)10-16(13-26)30-20/h4,10,12,15,21,26,28H,5-9,11,13H2,1-3H3/t21-,25-/m0/s1. The highest BCUT2D eigenvalue weighted by molar-refractivity contribution is 5.88. The van der Waals surface area contributed by atoms with Crippen LogP contribution in [0.5, 0.6) is 11.5 Å². The molecule has 1 saturated carbocycles. The van der Waals surface area contributed by atoms with Crippen molar-refractivity contribution in [2.75, 3.05) is 0 Å². The molecule has 2 N–H and O–H groups in total. The van der Waals surface area contributed by atoms with E-state index in [1.165, 1.54) is 6.42 Å². The van der Waals surface area contributed by atoms with E-state index in [2.05, 4.69) is 0 Å². The molecule has 1 aliphatic heterocycles. The minimum absolute atomic E-state index is 0.0283. The highest BCUT2D eigenvalue weighted by Crippen LogP contribution is 2.48. The van der Waals surface area contributed by atoms with Crippen LogP contribution in [-0.2, 0) is 22.6 Å². The van der Waals surface area contributed by atoms with Crippen molar-refractivity contribution in [3.05, 3.63) is 45.3 Å². The van der Waals surface area contributed by atoms with Gasteiger partial charge in [-0.3, -0.25) is 4.79 Å². The summed E-state index contributed by atoms with van der Waals surface area (Å²) in [7, 11) is 0. The van der Waals surface area contributed by atoms with Gasteiger partial charge in [0.05, 0.1) is 0 Å². The first-order chi connectivity index (χ1) is 15.3. The van der Waals surface area contributed by atoms with Crippen molar-refractivity contribution in [2.45, 2.75) is 77.6 Å². The van der Waals surface area contributed by atoms with Crippen molar-refractivity contribution in [1.29, 1.82) is 0 Å². The van der Waals surface area contributed by atoms with Crippen LogP contribution in [0.25, 0.3) is 11.0 Å². The number of fused-ring (bicyclic) bond motifs is 2. The van der Waals surface area contributed by atoms with E-state index in [4.69, 9.17) is 13.9 Å². The number of benzene rings is 1. The molecule has 7 nitrogen and oxygen atoms in total. The second kappa shape index (κ2) is 8.62. The van der Waals surface area contributed by atoms with Gasteiger partial charge in [0, 0.05) is 35.6 Å². The maximum Gasteiger partial charge on any atom is 0.333 e. The van der Waals surface area contributed by atoms with E-state index in [0.29, 0.717) is 16.9 Å². The Morgan fingerprint density at radius 2 is 2.00 bits per heavy atom. The van der Waals surface area contributed by atoms with Crippen LogP contribution >= 0.6 is 0 Å². The predicted octanol–water partition coefficient (Wildman–Crippen LogP) is 4.14. The zero-order chi connectivity index (χ0) is 23.0. The quantitative estimate of drug-likeness (QED) is 0.541. The van der Waals surface area contributed by atoms with Crippen molar-refractivity contribution in [2.24, 2.45) is 5.92 Å². The third-order valence-electron chi connectivity index (χ3n) is 7.04. The van der Waals surface area contributed by atoms with E-state index in [1.807, 2.05) is 6.92 Å². The average Bonchev–Trinajstić information content (AvgIpc) is 2.79.